The first-order chi connectivity index (χ1) is 13.2. The molecule has 1 heterocycles. The third-order valence-electron chi connectivity index (χ3n) is 4.01. The van der Waals surface area contributed by atoms with Gasteiger partial charge in [-0.05, 0) is 43.2 Å². The van der Waals surface area contributed by atoms with Gasteiger partial charge in [0.1, 0.15) is 11.6 Å². The minimum atomic E-state index is -0.243. The molecule has 0 aliphatic rings. The van der Waals surface area contributed by atoms with Gasteiger partial charge in [0.2, 0.25) is 0 Å². The molecule has 0 bridgehead atoms. The van der Waals surface area contributed by atoms with Crippen LogP contribution in [-0.2, 0) is 11.2 Å². The highest BCUT2D eigenvalue weighted by Crippen LogP contribution is 2.12. The second kappa shape index (κ2) is 9.38. The highest BCUT2D eigenvalue weighted by molar-refractivity contribution is 5.91. The van der Waals surface area contributed by atoms with Crippen molar-refractivity contribution in [3.8, 4) is 5.75 Å². The van der Waals surface area contributed by atoms with Gasteiger partial charge >= 0.3 is 0 Å². The van der Waals surface area contributed by atoms with Gasteiger partial charge in [0.15, 0.2) is 6.61 Å². The van der Waals surface area contributed by atoms with E-state index in [0.717, 1.165) is 24.2 Å². The van der Waals surface area contributed by atoms with Crippen molar-refractivity contribution < 1.29 is 9.53 Å². The van der Waals surface area contributed by atoms with E-state index in [-0.39, 0.29) is 12.5 Å². The summed E-state index contributed by atoms with van der Waals surface area (Å²) in [5.41, 5.74) is 3.35. The topological polar surface area (TPSA) is 63.2 Å². The Balaban J connectivity index is 1.41. The smallest absolute Gasteiger partial charge is 0.263 e. The molecule has 0 fully saturated rings. The summed E-state index contributed by atoms with van der Waals surface area (Å²) in [6, 6.07) is 21.6. The molecule has 27 heavy (non-hydrogen) atoms. The van der Waals surface area contributed by atoms with Crippen LogP contribution in [0.2, 0.25) is 0 Å². The fraction of sp³-hybridized carbons (Fsp3) is 0.182. The van der Waals surface area contributed by atoms with Gasteiger partial charge in [-0.2, -0.15) is 0 Å². The van der Waals surface area contributed by atoms with Crippen molar-refractivity contribution in [3.05, 3.63) is 84.1 Å². The lowest BCUT2D eigenvalue weighted by atomic mass is 10.1. The molecule has 3 aromatic rings. The molecule has 1 amide bonds. The van der Waals surface area contributed by atoms with Crippen molar-refractivity contribution in [1.29, 1.82) is 0 Å². The SMILES string of the molecule is Cc1ccc(OCC(=O)Nc2ccc(NCCc3ccccc3)cn2)cc1. The lowest BCUT2D eigenvalue weighted by molar-refractivity contribution is -0.118. The molecule has 0 saturated heterocycles. The van der Waals surface area contributed by atoms with Crippen LogP contribution in [0.1, 0.15) is 11.1 Å². The average molecular weight is 361 g/mol. The largest absolute Gasteiger partial charge is 0.484 e. The van der Waals surface area contributed by atoms with Crippen molar-refractivity contribution >= 4 is 17.4 Å². The van der Waals surface area contributed by atoms with Crippen molar-refractivity contribution in [2.45, 2.75) is 13.3 Å². The Labute approximate surface area is 159 Å². The minimum absolute atomic E-state index is 0.0538. The Morgan fingerprint density at radius 2 is 1.78 bits per heavy atom. The Morgan fingerprint density at radius 3 is 2.48 bits per heavy atom. The first-order valence-electron chi connectivity index (χ1n) is 8.92. The maximum absolute atomic E-state index is 12.0. The van der Waals surface area contributed by atoms with Crippen LogP contribution in [-0.4, -0.2) is 24.0 Å². The van der Waals surface area contributed by atoms with Gasteiger partial charge in [0, 0.05) is 6.54 Å². The number of nitrogens with zero attached hydrogens (tertiary/aromatic N) is 1. The number of carbonyl (C=O) groups excluding carboxylic acids is 1. The zero-order valence-electron chi connectivity index (χ0n) is 15.3. The van der Waals surface area contributed by atoms with Crippen LogP contribution < -0.4 is 15.4 Å². The van der Waals surface area contributed by atoms with Crippen LogP contribution in [0, 0.1) is 6.92 Å². The van der Waals surface area contributed by atoms with E-state index in [2.05, 4.69) is 27.8 Å². The molecule has 2 N–H and O–H groups in total. The number of rotatable bonds is 8. The number of pyridine rings is 1. The van der Waals surface area contributed by atoms with Crippen molar-refractivity contribution in [2.75, 3.05) is 23.8 Å². The Kier molecular flexibility index (Phi) is 6.41. The number of nitrogens with one attached hydrogen (secondary N) is 2. The van der Waals surface area contributed by atoms with Crippen LogP contribution in [0.3, 0.4) is 0 Å². The van der Waals surface area contributed by atoms with Crippen LogP contribution in [0.25, 0.3) is 0 Å². The molecule has 0 aliphatic heterocycles. The summed E-state index contributed by atoms with van der Waals surface area (Å²) in [5.74, 6) is 0.927. The summed E-state index contributed by atoms with van der Waals surface area (Å²) in [6.07, 6.45) is 2.65. The summed E-state index contributed by atoms with van der Waals surface area (Å²) < 4.78 is 5.46. The molecule has 0 spiro atoms. The number of benzene rings is 2. The van der Waals surface area contributed by atoms with Gasteiger partial charge in [-0.25, -0.2) is 4.98 Å². The predicted octanol–water partition coefficient (Wildman–Crippen LogP) is 4.06. The number of anilines is 2. The lowest BCUT2D eigenvalue weighted by Crippen LogP contribution is -2.20. The molecule has 138 valence electrons. The van der Waals surface area contributed by atoms with E-state index < -0.39 is 0 Å². The van der Waals surface area contributed by atoms with E-state index in [1.54, 1.807) is 12.3 Å². The summed E-state index contributed by atoms with van der Waals surface area (Å²) in [6.45, 7) is 2.77. The number of amides is 1. The fourth-order valence-electron chi connectivity index (χ4n) is 2.53. The van der Waals surface area contributed by atoms with Gasteiger partial charge in [-0.1, -0.05) is 48.0 Å². The zero-order chi connectivity index (χ0) is 18.9. The quantitative estimate of drug-likeness (QED) is 0.635. The van der Waals surface area contributed by atoms with Crippen molar-refractivity contribution in [2.24, 2.45) is 0 Å². The Hall–Kier alpha value is -3.34. The molecule has 2 aromatic carbocycles. The van der Waals surface area contributed by atoms with Crippen LogP contribution in [0.15, 0.2) is 72.9 Å². The second-order valence-corrected chi connectivity index (χ2v) is 6.24. The van der Waals surface area contributed by atoms with Gasteiger partial charge in [-0.3, -0.25) is 4.79 Å². The number of aromatic nitrogens is 1. The van der Waals surface area contributed by atoms with E-state index in [4.69, 9.17) is 4.74 Å². The number of aryl methyl sites for hydroxylation is 1. The van der Waals surface area contributed by atoms with E-state index in [0.29, 0.717) is 11.6 Å². The monoisotopic (exact) mass is 361 g/mol. The van der Waals surface area contributed by atoms with Gasteiger partial charge in [-0.15, -0.1) is 0 Å². The van der Waals surface area contributed by atoms with Crippen LogP contribution >= 0.6 is 0 Å². The van der Waals surface area contributed by atoms with E-state index >= 15 is 0 Å². The van der Waals surface area contributed by atoms with E-state index in [1.165, 1.54) is 5.56 Å². The molecule has 0 saturated carbocycles. The molecular formula is C22H23N3O2. The number of ether oxygens (including phenoxy) is 1. The Bertz CT molecular complexity index is 847. The summed E-state index contributed by atoms with van der Waals surface area (Å²) >= 11 is 0. The van der Waals surface area contributed by atoms with Gasteiger partial charge in [0.05, 0.1) is 11.9 Å². The second-order valence-electron chi connectivity index (χ2n) is 6.24. The summed E-state index contributed by atoms with van der Waals surface area (Å²) in [5, 5.41) is 6.05. The molecule has 1 aromatic heterocycles. The molecule has 5 nitrogen and oxygen atoms in total. The normalized spacial score (nSPS) is 10.3. The van der Waals surface area contributed by atoms with E-state index in [1.807, 2.05) is 55.5 Å². The first-order valence-corrected chi connectivity index (χ1v) is 8.92. The minimum Gasteiger partial charge on any atom is -0.484 e. The molecule has 0 unspecified atom stereocenters. The maximum atomic E-state index is 12.0. The first kappa shape index (κ1) is 18.5. The molecule has 0 aliphatic carbocycles. The summed E-state index contributed by atoms with van der Waals surface area (Å²) in [4.78, 5) is 16.2. The molecule has 3 rings (SSSR count). The molecular weight excluding hydrogens is 338 g/mol. The predicted molar refractivity (Wildman–Crippen MR) is 108 cm³/mol. The number of carbonyl (C=O) groups is 1. The molecule has 0 atom stereocenters. The van der Waals surface area contributed by atoms with E-state index in [9.17, 15) is 4.79 Å². The van der Waals surface area contributed by atoms with Crippen molar-refractivity contribution in [1.82, 2.24) is 4.98 Å². The number of hydrogen-bond acceptors (Lipinski definition) is 4. The highest BCUT2D eigenvalue weighted by Gasteiger charge is 2.05. The zero-order valence-corrected chi connectivity index (χ0v) is 15.3. The molecule has 5 heteroatoms. The summed E-state index contributed by atoms with van der Waals surface area (Å²) in [7, 11) is 0. The molecule has 0 radical (unpaired) electrons. The third kappa shape index (κ3) is 6.15. The standard InChI is InChI=1S/C22H23N3O2/c1-17-7-10-20(11-8-17)27-16-22(26)25-21-12-9-19(15-24-21)23-14-13-18-5-3-2-4-6-18/h2-12,15,23H,13-14,16H2,1H3,(H,24,25,26). The van der Waals surface area contributed by atoms with Crippen LogP contribution in [0.5, 0.6) is 5.75 Å². The third-order valence-corrected chi connectivity index (χ3v) is 4.01. The lowest BCUT2D eigenvalue weighted by Gasteiger charge is -2.09. The maximum Gasteiger partial charge on any atom is 0.263 e. The van der Waals surface area contributed by atoms with Crippen LogP contribution in [0.4, 0.5) is 11.5 Å². The van der Waals surface area contributed by atoms with Gasteiger partial charge < -0.3 is 15.4 Å². The Morgan fingerprint density at radius 1 is 1.00 bits per heavy atom. The average Bonchev–Trinajstić information content (AvgIpc) is 2.70. The highest BCUT2D eigenvalue weighted by atomic mass is 16.5. The van der Waals surface area contributed by atoms with Gasteiger partial charge in [0.25, 0.3) is 5.91 Å². The van der Waals surface area contributed by atoms with Crippen molar-refractivity contribution in [3.63, 3.8) is 0 Å². The number of hydrogen-bond donors (Lipinski definition) is 2. The fourth-order valence-corrected chi connectivity index (χ4v) is 2.53.